The number of methoxy groups -OCH3 is 1. The molecule has 1 aromatic rings. The van der Waals surface area contributed by atoms with Gasteiger partial charge in [-0.1, -0.05) is 31.0 Å². The van der Waals surface area contributed by atoms with Gasteiger partial charge in [0.15, 0.2) is 0 Å². The van der Waals surface area contributed by atoms with Crippen LogP contribution in [0.25, 0.3) is 0 Å². The molecule has 5 heteroatoms. The lowest BCUT2D eigenvalue weighted by Gasteiger charge is -2.22. The number of hydrogen-bond donors (Lipinski definition) is 2. The van der Waals surface area contributed by atoms with Crippen molar-refractivity contribution in [3.05, 3.63) is 29.8 Å². The largest absolute Gasteiger partial charge is 0.496 e. The van der Waals surface area contributed by atoms with Crippen molar-refractivity contribution in [1.29, 1.82) is 0 Å². The Morgan fingerprint density at radius 3 is 2.65 bits per heavy atom. The molecule has 0 atom stereocenters. The minimum absolute atomic E-state index is 0. The summed E-state index contributed by atoms with van der Waals surface area (Å²) in [7, 11) is 1.66. The third-order valence-electron chi connectivity index (χ3n) is 3.82. The number of hydrogen-bond acceptors (Lipinski definition) is 3. The first-order chi connectivity index (χ1) is 9.15. The number of carbonyl (C=O) groups is 1. The van der Waals surface area contributed by atoms with Gasteiger partial charge in [-0.05, 0) is 30.9 Å². The van der Waals surface area contributed by atoms with Crippen LogP contribution in [0.5, 0.6) is 5.75 Å². The first-order valence-electron chi connectivity index (χ1n) is 6.85. The monoisotopic (exact) mass is 298 g/mol. The Morgan fingerprint density at radius 2 is 2.00 bits per heavy atom. The SMILES string of the molecule is COc1ccccc1CCNC(=O)C1(N)CCCC1.Cl. The lowest BCUT2D eigenvalue weighted by Crippen LogP contribution is -2.52. The Labute approximate surface area is 126 Å². The minimum Gasteiger partial charge on any atom is -0.496 e. The van der Waals surface area contributed by atoms with E-state index in [2.05, 4.69) is 5.32 Å². The molecule has 0 radical (unpaired) electrons. The van der Waals surface area contributed by atoms with E-state index in [1.165, 1.54) is 0 Å². The number of para-hydroxylation sites is 1. The molecule has 1 saturated carbocycles. The van der Waals surface area contributed by atoms with E-state index in [4.69, 9.17) is 10.5 Å². The molecule has 0 spiro atoms. The molecule has 1 aliphatic carbocycles. The third kappa shape index (κ3) is 3.87. The van der Waals surface area contributed by atoms with Crippen LogP contribution in [0, 0.1) is 0 Å². The highest BCUT2D eigenvalue weighted by molar-refractivity contribution is 5.86. The molecule has 0 saturated heterocycles. The van der Waals surface area contributed by atoms with Gasteiger partial charge in [-0.15, -0.1) is 12.4 Å². The molecule has 0 aromatic heterocycles. The smallest absolute Gasteiger partial charge is 0.240 e. The first kappa shape index (κ1) is 16.8. The highest BCUT2D eigenvalue weighted by atomic mass is 35.5. The summed E-state index contributed by atoms with van der Waals surface area (Å²) in [5.74, 6) is 0.847. The second-order valence-electron chi connectivity index (χ2n) is 5.18. The van der Waals surface area contributed by atoms with Crippen LogP contribution in [0.3, 0.4) is 0 Å². The van der Waals surface area contributed by atoms with Crippen LogP contribution in [-0.2, 0) is 11.2 Å². The Hall–Kier alpha value is -1.26. The number of benzene rings is 1. The lowest BCUT2D eigenvalue weighted by molar-refractivity contribution is -0.126. The molecule has 0 heterocycles. The number of carbonyl (C=O) groups excluding carboxylic acids is 1. The maximum Gasteiger partial charge on any atom is 0.240 e. The normalized spacial score (nSPS) is 16.3. The van der Waals surface area contributed by atoms with E-state index in [1.807, 2.05) is 24.3 Å². The topological polar surface area (TPSA) is 64.3 Å². The number of ether oxygens (including phenoxy) is 1. The van der Waals surface area contributed by atoms with Gasteiger partial charge in [0.05, 0.1) is 12.6 Å². The molecule has 1 aliphatic rings. The Bertz CT molecular complexity index is 445. The third-order valence-corrected chi connectivity index (χ3v) is 3.82. The molecular formula is C15H23ClN2O2. The summed E-state index contributed by atoms with van der Waals surface area (Å²) in [6.07, 6.45) is 4.46. The van der Waals surface area contributed by atoms with Gasteiger partial charge in [0, 0.05) is 6.54 Å². The van der Waals surface area contributed by atoms with Crippen LogP contribution < -0.4 is 15.8 Å². The highest BCUT2D eigenvalue weighted by Crippen LogP contribution is 2.27. The molecule has 112 valence electrons. The summed E-state index contributed by atoms with van der Waals surface area (Å²) >= 11 is 0. The van der Waals surface area contributed by atoms with Crippen molar-refractivity contribution in [2.75, 3.05) is 13.7 Å². The van der Waals surface area contributed by atoms with Crippen molar-refractivity contribution in [2.45, 2.75) is 37.6 Å². The summed E-state index contributed by atoms with van der Waals surface area (Å²) in [5.41, 5.74) is 6.56. The predicted octanol–water partition coefficient (Wildman–Crippen LogP) is 2.05. The fourth-order valence-electron chi connectivity index (χ4n) is 2.63. The molecule has 0 aliphatic heterocycles. The number of nitrogens with one attached hydrogen (secondary N) is 1. The molecule has 2 rings (SSSR count). The maximum absolute atomic E-state index is 12.0. The number of halogens is 1. The van der Waals surface area contributed by atoms with Crippen molar-refractivity contribution >= 4 is 18.3 Å². The molecule has 20 heavy (non-hydrogen) atoms. The molecule has 1 amide bonds. The van der Waals surface area contributed by atoms with Crippen LogP contribution >= 0.6 is 12.4 Å². The van der Waals surface area contributed by atoms with Crippen molar-refractivity contribution in [3.8, 4) is 5.75 Å². The number of nitrogens with two attached hydrogens (primary N) is 1. The van der Waals surface area contributed by atoms with Gasteiger partial charge in [0.1, 0.15) is 5.75 Å². The second kappa shape index (κ2) is 7.50. The summed E-state index contributed by atoms with van der Waals surface area (Å²) < 4.78 is 5.29. The molecular weight excluding hydrogens is 276 g/mol. The molecule has 1 fully saturated rings. The van der Waals surface area contributed by atoms with E-state index in [0.29, 0.717) is 6.54 Å². The van der Waals surface area contributed by atoms with E-state index in [1.54, 1.807) is 7.11 Å². The van der Waals surface area contributed by atoms with Crippen molar-refractivity contribution in [3.63, 3.8) is 0 Å². The summed E-state index contributed by atoms with van der Waals surface area (Å²) in [6, 6.07) is 7.85. The van der Waals surface area contributed by atoms with Crippen LogP contribution in [0.4, 0.5) is 0 Å². The molecule has 3 N–H and O–H groups in total. The quantitative estimate of drug-likeness (QED) is 0.874. The van der Waals surface area contributed by atoms with Crippen molar-refractivity contribution < 1.29 is 9.53 Å². The molecule has 1 aromatic carbocycles. The van der Waals surface area contributed by atoms with Crippen LogP contribution in [0.1, 0.15) is 31.2 Å². The van der Waals surface area contributed by atoms with Gasteiger partial charge in [-0.3, -0.25) is 4.79 Å². The molecule has 0 unspecified atom stereocenters. The fraction of sp³-hybridized carbons (Fsp3) is 0.533. The Balaban J connectivity index is 0.00000200. The van der Waals surface area contributed by atoms with Crippen molar-refractivity contribution in [1.82, 2.24) is 5.32 Å². The van der Waals surface area contributed by atoms with Crippen LogP contribution in [0.2, 0.25) is 0 Å². The predicted molar refractivity (Wildman–Crippen MR) is 82.3 cm³/mol. The average molecular weight is 299 g/mol. The fourth-order valence-corrected chi connectivity index (χ4v) is 2.63. The number of rotatable bonds is 5. The minimum atomic E-state index is -0.638. The zero-order valence-electron chi connectivity index (χ0n) is 11.9. The summed E-state index contributed by atoms with van der Waals surface area (Å²) in [4.78, 5) is 12.0. The first-order valence-corrected chi connectivity index (χ1v) is 6.85. The van der Waals surface area contributed by atoms with Crippen LogP contribution in [-0.4, -0.2) is 25.1 Å². The van der Waals surface area contributed by atoms with Gasteiger partial charge >= 0.3 is 0 Å². The van der Waals surface area contributed by atoms with E-state index in [-0.39, 0.29) is 18.3 Å². The van der Waals surface area contributed by atoms with Crippen LogP contribution in [0.15, 0.2) is 24.3 Å². The highest BCUT2D eigenvalue weighted by Gasteiger charge is 2.36. The summed E-state index contributed by atoms with van der Waals surface area (Å²) in [6.45, 7) is 0.595. The summed E-state index contributed by atoms with van der Waals surface area (Å²) in [5, 5.41) is 2.95. The van der Waals surface area contributed by atoms with Gasteiger partial charge in [-0.25, -0.2) is 0 Å². The maximum atomic E-state index is 12.0. The standard InChI is InChI=1S/C15H22N2O2.ClH/c1-19-13-7-3-2-6-12(13)8-11-17-14(18)15(16)9-4-5-10-15;/h2-3,6-7H,4-5,8-11,16H2,1H3,(H,17,18);1H. The second-order valence-corrected chi connectivity index (χ2v) is 5.18. The lowest BCUT2D eigenvalue weighted by atomic mass is 9.98. The van der Waals surface area contributed by atoms with Gasteiger partial charge in [-0.2, -0.15) is 0 Å². The van der Waals surface area contributed by atoms with E-state index >= 15 is 0 Å². The van der Waals surface area contributed by atoms with E-state index in [9.17, 15) is 4.79 Å². The van der Waals surface area contributed by atoms with Gasteiger partial charge in [0.2, 0.25) is 5.91 Å². The van der Waals surface area contributed by atoms with Gasteiger partial charge < -0.3 is 15.8 Å². The molecule has 0 bridgehead atoms. The number of amides is 1. The van der Waals surface area contributed by atoms with Gasteiger partial charge in [0.25, 0.3) is 0 Å². The van der Waals surface area contributed by atoms with Crippen molar-refractivity contribution in [2.24, 2.45) is 5.73 Å². The van der Waals surface area contributed by atoms with E-state index < -0.39 is 5.54 Å². The Kier molecular flexibility index (Phi) is 6.30. The zero-order chi connectivity index (χ0) is 13.7. The average Bonchev–Trinajstić information content (AvgIpc) is 2.87. The van der Waals surface area contributed by atoms with E-state index in [0.717, 1.165) is 43.4 Å². The molecule has 4 nitrogen and oxygen atoms in total. The zero-order valence-corrected chi connectivity index (χ0v) is 12.7. The Morgan fingerprint density at radius 1 is 1.35 bits per heavy atom.